The minimum Gasteiger partial charge on any atom is -0.394 e. The maximum atomic E-state index is 11.7. The summed E-state index contributed by atoms with van der Waals surface area (Å²) in [5.74, 6) is 1.78. The number of carbonyl (C=O) groups is 1. The van der Waals surface area contributed by atoms with Crippen LogP contribution < -0.4 is 0 Å². The van der Waals surface area contributed by atoms with Crippen molar-refractivity contribution in [1.82, 2.24) is 0 Å². The standard InChI is InChI=1S/C11H22O.C3H8O/c1-7(2)9(5)11(12)10(6)8(3)4;1-3(2)4/h7-10H,1-6H3;3-4H,1-2H3. The minimum atomic E-state index is -0.167. The van der Waals surface area contributed by atoms with Gasteiger partial charge in [-0.25, -0.2) is 0 Å². The normalized spacial score (nSPS) is 14.8. The van der Waals surface area contributed by atoms with Crippen LogP contribution in [-0.2, 0) is 4.79 Å². The lowest BCUT2D eigenvalue weighted by Crippen LogP contribution is -2.26. The third kappa shape index (κ3) is 8.90. The van der Waals surface area contributed by atoms with Gasteiger partial charge in [0.15, 0.2) is 0 Å². The topological polar surface area (TPSA) is 37.3 Å². The number of carbonyl (C=O) groups excluding carboxylic acids is 1. The van der Waals surface area contributed by atoms with Crippen molar-refractivity contribution in [3.63, 3.8) is 0 Å². The summed E-state index contributed by atoms with van der Waals surface area (Å²) in [6, 6.07) is 0. The quantitative estimate of drug-likeness (QED) is 0.802. The molecule has 0 bridgehead atoms. The van der Waals surface area contributed by atoms with Crippen LogP contribution >= 0.6 is 0 Å². The summed E-state index contributed by atoms with van der Waals surface area (Å²) < 4.78 is 0. The smallest absolute Gasteiger partial charge is 0.138 e. The van der Waals surface area contributed by atoms with Gasteiger partial charge in [0.1, 0.15) is 5.78 Å². The van der Waals surface area contributed by atoms with Crippen LogP contribution in [0.15, 0.2) is 0 Å². The molecule has 0 saturated heterocycles. The first-order chi connectivity index (χ1) is 7.11. The molecule has 0 heterocycles. The van der Waals surface area contributed by atoms with Crippen molar-refractivity contribution < 1.29 is 9.90 Å². The number of aliphatic hydroxyl groups excluding tert-OH is 1. The van der Waals surface area contributed by atoms with E-state index in [4.69, 9.17) is 5.11 Å². The molecule has 0 aliphatic carbocycles. The van der Waals surface area contributed by atoms with Crippen LogP contribution in [0, 0.1) is 23.7 Å². The Balaban J connectivity index is 0. The summed E-state index contributed by atoms with van der Waals surface area (Å²) in [7, 11) is 0. The molecule has 2 heteroatoms. The van der Waals surface area contributed by atoms with Gasteiger partial charge in [-0.1, -0.05) is 41.5 Å². The van der Waals surface area contributed by atoms with Crippen molar-refractivity contribution in [2.45, 2.75) is 61.5 Å². The van der Waals surface area contributed by atoms with E-state index in [1.807, 2.05) is 13.8 Å². The number of hydrogen-bond donors (Lipinski definition) is 1. The Morgan fingerprint density at radius 1 is 0.750 bits per heavy atom. The maximum Gasteiger partial charge on any atom is 0.138 e. The molecule has 0 saturated carbocycles. The molecule has 16 heavy (non-hydrogen) atoms. The van der Waals surface area contributed by atoms with E-state index in [2.05, 4.69) is 27.7 Å². The van der Waals surface area contributed by atoms with Gasteiger partial charge in [-0.15, -0.1) is 0 Å². The monoisotopic (exact) mass is 230 g/mol. The molecule has 2 unspecified atom stereocenters. The number of ketones is 1. The molecule has 0 aromatic carbocycles. The summed E-state index contributed by atoms with van der Waals surface area (Å²) in [6.45, 7) is 15.9. The molecular weight excluding hydrogens is 200 g/mol. The molecule has 0 aromatic heterocycles. The van der Waals surface area contributed by atoms with Crippen molar-refractivity contribution in [2.24, 2.45) is 23.7 Å². The molecule has 0 fully saturated rings. The van der Waals surface area contributed by atoms with Gasteiger partial charge in [-0.2, -0.15) is 0 Å². The van der Waals surface area contributed by atoms with Crippen LogP contribution in [-0.4, -0.2) is 17.0 Å². The largest absolute Gasteiger partial charge is 0.394 e. The first-order valence-corrected chi connectivity index (χ1v) is 6.33. The molecule has 0 aromatic rings. The molecule has 0 aliphatic heterocycles. The van der Waals surface area contributed by atoms with Gasteiger partial charge in [-0.05, 0) is 25.7 Å². The van der Waals surface area contributed by atoms with Crippen LogP contribution in [0.2, 0.25) is 0 Å². The van der Waals surface area contributed by atoms with E-state index in [-0.39, 0.29) is 17.9 Å². The molecule has 0 rings (SSSR count). The number of Topliss-reactive ketones (excluding diaryl/α,β-unsaturated/α-hetero) is 1. The summed E-state index contributed by atoms with van der Waals surface area (Å²) in [4.78, 5) is 11.7. The molecule has 2 atom stereocenters. The Morgan fingerprint density at radius 2 is 0.938 bits per heavy atom. The third-order valence-electron chi connectivity index (χ3n) is 2.90. The highest BCUT2D eigenvalue weighted by Crippen LogP contribution is 2.20. The second kappa shape index (κ2) is 8.74. The van der Waals surface area contributed by atoms with E-state index in [0.29, 0.717) is 17.6 Å². The molecule has 2 nitrogen and oxygen atoms in total. The van der Waals surface area contributed by atoms with Crippen LogP contribution in [0.4, 0.5) is 0 Å². The highest BCUT2D eigenvalue weighted by Gasteiger charge is 2.24. The number of hydrogen-bond acceptors (Lipinski definition) is 2. The van der Waals surface area contributed by atoms with Crippen molar-refractivity contribution in [1.29, 1.82) is 0 Å². The highest BCUT2D eigenvalue weighted by atomic mass is 16.3. The van der Waals surface area contributed by atoms with Gasteiger partial charge in [-0.3, -0.25) is 4.79 Å². The zero-order chi connectivity index (χ0) is 13.5. The summed E-state index contributed by atoms with van der Waals surface area (Å²) >= 11 is 0. The fraction of sp³-hybridized carbons (Fsp3) is 0.929. The number of rotatable bonds is 4. The lowest BCUT2D eigenvalue weighted by Gasteiger charge is -2.21. The molecular formula is C14H30O2. The van der Waals surface area contributed by atoms with Crippen LogP contribution in [0.5, 0.6) is 0 Å². The first-order valence-electron chi connectivity index (χ1n) is 6.33. The molecule has 1 N–H and O–H groups in total. The second-order valence-electron chi connectivity index (χ2n) is 5.56. The maximum absolute atomic E-state index is 11.7. The van der Waals surface area contributed by atoms with Gasteiger partial charge in [0.25, 0.3) is 0 Å². The Kier molecular flexibility index (Phi) is 9.84. The van der Waals surface area contributed by atoms with Crippen molar-refractivity contribution in [2.75, 3.05) is 0 Å². The van der Waals surface area contributed by atoms with E-state index in [1.54, 1.807) is 13.8 Å². The van der Waals surface area contributed by atoms with Crippen LogP contribution in [0.25, 0.3) is 0 Å². The zero-order valence-electron chi connectivity index (χ0n) is 12.2. The van der Waals surface area contributed by atoms with E-state index in [9.17, 15) is 4.79 Å². The lowest BCUT2D eigenvalue weighted by molar-refractivity contribution is -0.128. The SMILES string of the molecule is CC(C)C(C)C(=O)C(C)C(C)C.CC(C)O. The van der Waals surface area contributed by atoms with Crippen LogP contribution in [0.1, 0.15) is 55.4 Å². The molecule has 0 aliphatic rings. The first kappa shape index (κ1) is 18.0. The predicted molar refractivity (Wildman–Crippen MR) is 70.4 cm³/mol. The van der Waals surface area contributed by atoms with Gasteiger partial charge >= 0.3 is 0 Å². The third-order valence-corrected chi connectivity index (χ3v) is 2.90. The Bertz CT molecular complexity index is 164. The lowest BCUT2D eigenvalue weighted by atomic mass is 9.82. The molecule has 0 spiro atoms. The molecule has 0 radical (unpaired) electrons. The predicted octanol–water partition coefficient (Wildman–Crippen LogP) is 3.53. The van der Waals surface area contributed by atoms with E-state index in [1.165, 1.54) is 0 Å². The number of aliphatic hydroxyl groups is 1. The Morgan fingerprint density at radius 3 is 1.06 bits per heavy atom. The van der Waals surface area contributed by atoms with Gasteiger partial charge in [0, 0.05) is 17.9 Å². The fourth-order valence-corrected chi connectivity index (χ4v) is 1.07. The second-order valence-corrected chi connectivity index (χ2v) is 5.56. The average molecular weight is 230 g/mol. The fourth-order valence-electron chi connectivity index (χ4n) is 1.07. The van der Waals surface area contributed by atoms with Gasteiger partial charge in [0.2, 0.25) is 0 Å². The van der Waals surface area contributed by atoms with E-state index < -0.39 is 0 Å². The van der Waals surface area contributed by atoms with Gasteiger partial charge < -0.3 is 5.11 Å². The highest BCUT2D eigenvalue weighted by molar-refractivity contribution is 5.83. The Hall–Kier alpha value is -0.370. The summed E-state index contributed by atoms with van der Waals surface area (Å²) in [5, 5.41) is 8.06. The zero-order valence-corrected chi connectivity index (χ0v) is 12.2. The van der Waals surface area contributed by atoms with Crippen molar-refractivity contribution in [3.05, 3.63) is 0 Å². The summed E-state index contributed by atoms with van der Waals surface area (Å²) in [5.41, 5.74) is 0. The van der Waals surface area contributed by atoms with Crippen molar-refractivity contribution in [3.8, 4) is 0 Å². The average Bonchev–Trinajstić information content (AvgIpc) is 2.13. The molecule has 98 valence electrons. The van der Waals surface area contributed by atoms with E-state index in [0.717, 1.165) is 0 Å². The van der Waals surface area contributed by atoms with E-state index >= 15 is 0 Å². The molecule has 0 amide bonds. The van der Waals surface area contributed by atoms with Crippen molar-refractivity contribution >= 4 is 5.78 Å². The van der Waals surface area contributed by atoms with Gasteiger partial charge in [0.05, 0.1) is 0 Å². The van der Waals surface area contributed by atoms with Crippen LogP contribution in [0.3, 0.4) is 0 Å². The Labute approximate surface area is 101 Å². The summed E-state index contributed by atoms with van der Waals surface area (Å²) in [6.07, 6.45) is -0.167. The minimum absolute atomic E-state index is 0.167.